The van der Waals surface area contributed by atoms with Crippen LogP contribution >= 0.6 is 0 Å². The van der Waals surface area contributed by atoms with Gasteiger partial charge in [0.2, 0.25) is 0 Å². The van der Waals surface area contributed by atoms with Crippen molar-refractivity contribution < 1.29 is 14.7 Å². The van der Waals surface area contributed by atoms with Gasteiger partial charge < -0.3 is 5.11 Å². The molecular formula is C9H14O3. The zero-order valence-electron chi connectivity index (χ0n) is 7.25. The molecular weight excluding hydrogens is 156 g/mol. The smallest absolute Gasteiger partial charge is 0.307 e. The van der Waals surface area contributed by atoms with Crippen LogP contribution in [0.2, 0.25) is 0 Å². The molecule has 68 valence electrons. The van der Waals surface area contributed by atoms with Crippen LogP contribution in [0.5, 0.6) is 0 Å². The number of ketones is 1. The van der Waals surface area contributed by atoms with E-state index in [0.717, 1.165) is 19.3 Å². The monoisotopic (exact) mass is 170 g/mol. The normalized spacial score (nSPS) is 29.8. The Morgan fingerprint density at radius 3 is 2.00 bits per heavy atom. The van der Waals surface area contributed by atoms with Gasteiger partial charge in [-0.3, -0.25) is 9.59 Å². The Morgan fingerprint density at radius 2 is 1.67 bits per heavy atom. The van der Waals surface area contributed by atoms with E-state index in [2.05, 4.69) is 0 Å². The van der Waals surface area contributed by atoms with E-state index in [9.17, 15) is 9.59 Å². The molecule has 1 saturated carbocycles. The molecule has 0 aromatic rings. The fraction of sp³-hybridized carbons (Fsp3) is 0.778. The summed E-state index contributed by atoms with van der Waals surface area (Å²) in [6.45, 7) is 1.49. The Labute approximate surface area is 71.8 Å². The molecule has 0 unspecified atom stereocenters. The van der Waals surface area contributed by atoms with Crippen LogP contribution in [0, 0.1) is 11.8 Å². The molecule has 12 heavy (non-hydrogen) atoms. The highest BCUT2D eigenvalue weighted by atomic mass is 16.4. The van der Waals surface area contributed by atoms with Gasteiger partial charge in [0.05, 0.1) is 5.92 Å². The molecule has 0 aromatic carbocycles. The van der Waals surface area contributed by atoms with Gasteiger partial charge in [-0.1, -0.05) is 12.8 Å². The van der Waals surface area contributed by atoms with Crippen LogP contribution in [0.4, 0.5) is 0 Å². The molecule has 1 rings (SSSR count). The summed E-state index contributed by atoms with van der Waals surface area (Å²) in [5.41, 5.74) is 0. The average molecular weight is 170 g/mol. The molecule has 0 radical (unpaired) electrons. The number of carbonyl (C=O) groups is 2. The van der Waals surface area contributed by atoms with Gasteiger partial charge in [0.1, 0.15) is 5.78 Å². The summed E-state index contributed by atoms with van der Waals surface area (Å²) < 4.78 is 0. The molecule has 1 aliphatic carbocycles. The first-order chi connectivity index (χ1) is 5.63. The maximum absolute atomic E-state index is 11.1. The minimum atomic E-state index is -0.810. The number of Topliss-reactive ketones (excluding diaryl/α,β-unsaturated/α-hetero) is 1. The summed E-state index contributed by atoms with van der Waals surface area (Å²) in [5, 5.41) is 8.81. The highest BCUT2D eigenvalue weighted by Gasteiger charge is 2.33. The Morgan fingerprint density at radius 1 is 1.17 bits per heavy atom. The molecule has 3 nitrogen and oxygen atoms in total. The Balaban J connectivity index is 2.67. The number of hydrogen-bond donors (Lipinski definition) is 1. The first kappa shape index (κ1) is 9.23. The van der Waals surface area contributed by atoms with E-state index in [1.54, 1.807) is 0 Å². The predicted molar refractivity (Wildman–Crippen MR) is 43.8 cm³/mol. The Kier molecular flexibility index (Phi) is 2.84. The zero-order valence-corrected chi connectivity index (χ0v) is 7.25. The fourth-order valence-electron chi connectivity index (χ4n) is 1.91. The number of carbonyl (C=O) groups excluding carboxylic acids is 1. The first-order valence-electron chi connectivity index (χ1n) is 4.36. The SMILES string of the molecule is CC(=O)[C@H]1CCCC[C@@H]1C(=O)O. The van der Waals surface area contributed by atoms with E-state index in [1.807, 2.05) is 0 Å². The van der Waals surface area contributed by atoms with E-state index in [1.165, 1.54) is 6.92 Å². The van der Waals surface area contributed by atoms with Crippen molar-refractivity contribution in [2.24, 2.45) is 11.8 Å². The van der Waals surface area contributed by atoms with Crippen LogP contribution in [-0.4, -0.2) is 16.9 Å². The van der Waals surface area contributed by atoms with Crippen molar-refractivity contribution in [2.75, 3.05) is 0 Å². The highest BCUT2D eigenvalue weighted by molar-refractivity contribution is 5.84. The number of hydrogen-bond acceptors (Lipinski definition) is 2. The molecule has 0 amide bonds. The van der Waals surface area contributed by atoms with Crippen molar-refractivity contribution in [1.82, 2.24) is 0 Å². The number of carboxylic acid groups (broad SMARTS) is 1. The van der Waals surface area contributed by atoms with Crippen molar-refractivity contribution in [2.45, 2.75) is 32.6 Å². The average Bonchev–Trinajstić information content (AvgIpc) is 2.04. The topological polar surface area (TPSA) is 54.4 Å². The van der Waals surface area contributed by atoms with Gasteiger partial charge in [-0.25, -0.2) is 0 Å². The third kappa shape index (κ3) is 1.84. The van der Waals surface area contributed by atoms with Crippen LogP contribution in [0.15, 0.2) is 0 Å². The second-order valence-electron chi connectivity index (χ2n) is 3.45. The third-order valence-corrected chi connectivity index (χ3v) is 2.61. The van der Waals surface area contributed by atoms with E-state index < -0.39 is 11.9 Å². The maximum Gasteiger partial charge on any atom is 0.307 e. The van der Waals surface area contributed by atoms with Gasteiger partial charge in [-0.05, 0) is 19.8 Å². The minimum Gasteiger partial charge on any atom is -0.481 e. The molecule has 0 aromatic heterocycles. The van der Waals surface area contributed by atoms with E-state index in [-0.39, 0.29) is 11.7 Å². The van der Waals surface area contributed by atoms with Gasteiger partial charge in [-0.15, -0.1) is 0 Å². The second-order valence-corrected chi connectivity index (χ2v) is 3.45. The lowest BCUT2D eigenvalue weighted by Crippen LogP contribution is -2.31. The summed E-state index contributed by atoms with van der Waals surface area (Å²) in [7, 11) is 0. The summed E-state index contributed by atoms with van der Waals surface area (Å²) in [5.74, 6) is -1.43. The quantitative estimate of drug-likeness (QED) is 0.682. The van der Waals surface area contributed by atoms with Crippen molar-refractivity contribution in [3.8, 4) is 0 Å². The highest BCUT2D eigenvalue weighted by Crippen LogP contribution is 2.30. The van der Waals surface area contributed by atoms with Gasteiger partial charge in [0.25, 0.3) is 0 Å². The summed E-state index contributed by atoms with van der Waals surface area (Å²) in [6.07, 6.45) is 3.36. The van der Waals surface area contributed by atoms with E-state index in [0.29, 0.717) is 6.42 Å². The Hall–Kier alpha value is -0.860. The molecule has 2 atom stereocenters. The van der Waals surface area contributed by atoms with Gasteiger partial charge in [-0.2, -0.15) is 0 Å². The first-order valence-corrected chi connectivity index (χ1v) is 4.36. The van der Waals surface area contributed by atoms with Crippen LogP contribution in [0.25, 0.3) is 0 Å². The standard InChI is InChI=1S/C9H14O3/c1-6(10)7-4-2-3-5-8(7)9(11)12/h7-8H,2-5H2,1H3,(H,11,12)/t7-,8+/m1/s1. The summed E-state index contributed by atoms with van der Waals surface area (Å²) >= 11 is 0. The predicted octanol–water partition coefficient (Wildman–Crippen LogP) is 1.47. The van der Waals surface area contributed by atoms with Crippen LogP contribution in [0.3, 0.4) is 0 Å². The van der Waals surface area contributed by atoms with Crippen molar-refractivity contribution in [3.05, 3.63) is 0 Å². The van der Waals surface area contributed by atoms with Gasteiger partial charge >= 0.3 is 5.97 Å². The van der Waals surface area contributed by atoms with Gasteiger partial charge in [0.15, 0.2) is 0 Å². The van der Waals surface area contributed by atoms with E-state index >= 15 is 0 Å². The molecule has 0 spiro atoms. The van der Waals surface area contributed by atoms with Crippen LogP contribution in [0.1, 0.15) is 32.6 Å². The van der Waals surface area contributed by atoms with Gasteiger partial charge in [0, 0.05) is 5.92 Å². The largest absolute Gasteiger partial charge is 0.481 e. The summed E-state index contributed by atoms with van der Waals surface area (Å²) in [4.78, 5) is 21.8. The van der Waals surface area contributed by atoms with E-state index in [4.69, 9.17) is 5.11 Å². The van der Waals surface area contributed by atoms with Crippen LogP contribution in [-0.2, 0) is 9.59 Å². The Bertz CT molecular complexity index is 176. The minimum absolute atomic E-state index is 0.0297. The molecule has 0 saturated heterocycles. The van der Waals surface area contributed by atoms with Crippen molar-refractivity contribution in [1.29, 1.82) is 0 Å². The fourth-order valence-corrected chi connectivity index (χ4v) is 1.91. The lowest BCUT2D eigenvalue weighted by molar-refractivity contribution is -0.148. The van der Waals surface area contributed by atoms with Crippen molar-refractivity contribution in [3.63, 3.8) is 0 Å². The third-order valence-electron chi connectivity index (χ3n) is 2.61. The maximum atomic E-state index is 11.1. The lowest BCUT2D eigenvalue weighted by atomic mass is 9.77. The molecule has 0 heterocycles. The molecule has 0 bridgehead atoms. The lowest BCUT2D eigenvalue weighted by Gasteiger charge is -2.25. The molecule has 1 N–H and O–H groups in total. The van der Waals surface area contributed by atoms with Crippen LogP contribution < -0.4 is 0 Å². The molecule has 1 fully saturated rings. The summed E-state index contributed by atoms with van der Waals surface area (Å²) in [6, 6.07) is 0. The van der Waals surface area contributed by atoms with Crippen molar-refractivity contribution >= 4 is 11.8 Å². The second kappa shape index (κ2) is 3.70. The molecule has 1 aliphatic rings. The molecule has 0 aliphatic heterocycles. The zero-order chi connectivity index (χ0) is 9.14. The number of carboxylic acids is 1. The number of aliphatic carboxylic acids is 1. The molecule has 3 heteroatoms. The number of rotatable bonds is 2.